The topological polar surface area (TPSA) is 148 Å². The monoisotopic (exact) mass is 648 g/mol. The summed E-state index contributed by atoms with van der Waals surface area (Å²) in [5.41, 5.74) is -5.86. The van der Waals surface area contributed by atoms with Crippen LogP contribution in [0.25, 0.3) is 0 Å². The van der Waals surface area contributed by atoms with E-state index in [1.54, 1.807) is 6.08 Å². The normalized spacial score (nSPS) is 20.5. The molecule has 2 bridgehead atoms. The zero-order valence-corrected chi connectivity index (χ0v) is 24.0. The minimum Gasteiger partial charge on any atom is -0.496 e. The smallest absolute Gasteiger partial charge is 0.496 e. The minimum absolute atomic E-state index is 0.0184. The van der Waals surface area contributed by atoms with Crippen molar-refractivity contribution in [2.24, 2.45) is 17.8 Å². The van der Waals surface area contributed by atoms with Crippen molar-refractivity contribution < 1.29 is 54.9 Å². The molecular weight excluding hydrogens is 624 g/mol. The van der Waals surface area contributed by atoms with Crippen molar-refractivity contribution in [1.82, 2.24) is 5.32 Å². The van der Waals surface area contributed by atoms with Crippen molar-refractivity contribution in [2.45, 2.75) is 22.9 Å². The molecule has 0 radical (unpaired) electrons. The molecule has 0 aromatic heterocycles. The van der Waals surface area contributed by atoms with Gasteiger partial charge >= 0.3 is 11.5 Å². The summed E-state index contributed by atoms with van der Waals surface area (Å²) in [6.45, 7) is 0. The third-order valence-electron chi connectivity index (χ3n) is 7.60. The number of methoxy groups -OCH3 is 1. The van der Waals surface area contributed by atoms with Crippen molar-refractivity contribution in [3.05, 3.63) is 89.8 Å². The van der Waals surface area contributed by atoms with Crippen LogP contribution >= 0.6 is 0 Å². The number of allylic oxidation sites excluding steroid dienone is 1. The summed E-state index contributed by atoms with van der Waals surface area (Å²) in [7, 11) is -4.43. The summed E-state index contributed by atoms with van der Waals surface area (Å²) in [6, 6.07) is 10.2. The number of hydrogen-bond acceptors (Lipinski definition) is 7. The maximum Gasteiger partial charge on any atom is 0.501 e. The molecule has 2 aliphatic rings. The summed E-state index contributed by atoms with van der Waals surface area (Å²) >= 11 is 0. The number of carboxylic acids is 1. The molecule has 3 N–H and O–H groups in total. The van der Waals surface area contributed by atoms with Crippen LogP contribution in [-0.4, -0.2) is 50.0 Å². The Morgan fingerprint density at radius 3 is 2.29 bits per heavy atom. The summed E-state index contributed by atoms with van der Waals surface area (Å²) in [5.74, 6) is -5.31. The first kappa shape index (κ1) is 31.5. The Morgan fingerprint density at radius 1 is 0.956 bits per heavy atom. The number of alkyl halides is 3. The van der Waals surface area contributed by atoms with Gasteiger partial charge in [0.1, 0.15) is 11.5 Å². The second kappa shape index (κ2) is 11.9. The molecule has 236 valence electrons. The number of fused-ring (bicyclic) bond motifs is 2. The van der Waals surface area contributed by atoms with Crippen LogP contribution in [0, 0.1) is 23.6 Å². The molecule has 1 fully saturated rings. The maximum atomic E-state index is 14.9. The molecule has 2 amide bonds. The fourth-order valence-corrected chi connectivity index (χ4v) is 6.27. The maximum absolute atomic E-state index is 14.9. The minimum atomic E-state index is -5.65. The van der Waals surface area contributed by atoms with Crippen LogP contribution in [-0.2, 0) is 14.6 Å². The van der Waals surface area contributed by atoms with Gasteiger partial charge < -0.3 is 25.2 Å². The first-order valence-electron chi connectivity index (χ1n) is 13.3. The molecule has 1 saturated carbocycles. The van der Waals surface area contributed by atoms with Gasteiger partial charge in [-0.3, -0.25) is 9.59 Å². The molecular formula is C30H24F4N2O8S. The van der Waals surface area contributed by atoms with E-state index in [1.165, 1.54) is 37.4 Å². The van der Waals surface area contributed by atoms with Gasteiger partial charge in [-0.2, -0.15) is 13.2 Å². The Morgan fingerprint density at radius 2 is 1.64 bits per heavy atom. The first-order chi connectivity index (χ1) is 21.2. The van der Waals surface area contributed by atoms with Gasteiger partial charge in [0.15, 0.2) is 11.6 Å². The molecule has 0 heterocycles. The van der Waals surface area contributed by atoms with Gasteiger partial charge in [0.25, 0.3) is 15.7 Å². The fourth-order valence-electron chi connectivity index (χ4n) is 5.46. The molecule has 5 rings (SSSR count). The number of hydrogen-bond donors (Lipinski definition) is 3. The number of benzene rings is 3. The molecule has 2 aliphatic carbocycles. The number of halogens is 4. The van der Waals surface area contributed by atoms with Crippen LogP contribution in [0.15, 0.2) is 77.7 Å². The van der Waals surface area contributed by atoms with Gasteiger partial charge in [-0.1, -0.05) is 18.2 Å². The highest BCUT2D eigenvalue weighted by Gasteiger charge is 2.49. The Kier molecular flexibility index (Phi) is 8.31. The molecule has 45 heavy (non-hydrogen) atoms. The summed E-state index contributed by atoms with van der Waals surface area (Å²) in [4.78, 5) is 36.9. The number of aromatic carboxylic acids is 1. The Balaban J connectivity index is 1.36. The fraction of sp³-hybridized carbons (Fsp3) is 0.233. The number of nitrogens with one attached hydrogen (secondary N) is 2. The van der Waals surface area contributed by atoms with E-state index in [-0.39, 0.29) is 45.9 Å². The zero-order chi connectivity index (χ0) is 32.7. The molecule has 4 atom stereocenters. The van der Waals surface area contributed by atoms with E-state index in [0.717, 1.165) is 24.3 Å². The van der Waals surface area contributed by atoms with Gasteiger partial charge in [0.2, 0.25) is 5.91 Å². The Hall–Kier alpha value is -4.92. The lowest BCUT2D eigenvalue weighted by Crippen LogP contribution is -2.47. The second-order valence-corrected chi connectivity index (χ2v) is 12.3. The number of sulfone groups is 1. The number of carbonyl (C=O) groups is 3. The van der Waals surface area contributed by atoms with Gasteiger partial charge in [-0.15, -0.1) is 0 Å². The predicted molar refractivity (Wildman–Crippen MR) is 150 cm³/mol. The molecule has 3 aromatic carbocycles. The molecule has 15 heteroatoms. The average molecular weight is 649 g/mol. The summed E-state index contributed by atoms with van der Waals surface area (Å²) in [6.07, 6.45) is 4.11. The van der Waals surface area contributed by atoms with Gasteiger partial charge in [0.05, 0.1) is 29.1 Å². The van der Waals surface area contributed by atoms with E-state index in [0.29, 0.717) is 12.5 Å². The van der Waals surface area contributed by atoms with Crippen LogP contribution in [0.5, 0.6) is 17.2 Å². The third kappa shape index (κ3) is 6.20. The summed E-state index contributed by atoms with van der Waals surface area (Å²) in [5, 5.41) is 14.3. The number of carbonyl (C=O) groups excluding carboxylic acids is 2. The number of rotatable bonds is 9. The standard InChI is InChI=1S/C30H24F4N2O8S/c1-43-23-14-22(31)24(44-19-9-7-15(8-10-19)29(39)40)13-21(23)27(37)36-26-17-6-5-16(11-17)25(26)28(38)35-18-3-2-4-20(12-18)45(41,42)30(32,33)34/h2-10,12-14,16-17,25-26H,11H2,1H3,(H,35,38)(H,36,37)(H,39,40)/t16-,17+,25+,26-/m1/s1. The Bertz CT molecular complexity index is 1810. The average Bonchev–Trinajstić information content (AvgIpc) is 3.60. The number of amides is 2. The quantitative estimate of drug-likeness (QED) is 0.213. The highest BCUT2D eigenvalue weighted by Crippen LogP contribution is 2.45. The van der Waals surface area contributed by atoms with Crippen molar-refractivity contribution in [2.75, 3.05) is 12.4 Å². The van der Waals surface area contributed by atoms with Crippen LogP contribution in [0.4, 0.5) is 23.2 Å². The SMILES string of the molecule is COc1cc(F)c(Oc2ccc(C(=O)O)cc2)cc1C(=O)N[C@H]1[C@@H](C(=O)Nc2cccc(S(=O)(=O)C(F)(F)F)c2)[C@@H]2C=C[C@H]1C2. The lowest BCUT2D eigenvalue weighted by atomic mass is 9.87. The lowest BCUT2D eigenvalue weighted by molar-refractivity contribution is -0.121. The van der Waals surface area contributed by atoms with E-state index in [4.69, 9.17) is 14.6 Å². The number of carboxylic acid groups (broad SMARTS) is 1. The number of ether oxygens (including phenoxy) is 2. The molecule has 0 unspecified atom stereocenters. The van der Waals surface area contributed by atoms with E-state index in [1.807, 2.05) is 6.08 Å². The lowest BCUT2D eigenvalue weighted by Gasteiger charge is -2.28. The van der Waals surface area contributed by atoms with Crippen LogP contribution in [0.2, 0.25) is 0 Å². The van der Waals surface area contributed by atoms with Gasteiger partial charge in [-0.25, -0.2) is 17.6 Å². The van der Waals surface area contributed by atoms with E-state index in [9.17, 15) is 40.4 Å². The molecule has 0 spiro atoms. The summed E-state index contributed by atoms with van der Waals surface area (Å²) < 4.78 is 88.4. The van der Waals surface area contributed by atoms with E-state index >= 15 is 0 Å². The molecule has 3 aromatic rings. The van der Waals surface area contributed by atoms with Crippen molar-refractivity contribution in [3.8, 4) is 17.2 Å². The highest BCUT2D eigenvalue weighted by molar-refractivity contribution is 7.92. The zero-order valence-electron chi connectivity index (χ0n) is 23.2. The van der Waals surface area contributed by atoms with Crippen LogP contribution in [0.1, 0.15) is 27.1 Å². The van der Waals surface area contributed by atoms with E-state index < -0.39 is 55.8 Å². The molecule has 0 aliphatic heterocycles. The largest absolute Gasteiger partial charge is 0.501 e. The molecule has 10 nitrogen and oxygen atoms in total. The van der Waals surface area contributed by atoms with Gasteiger partial charge in [-0.05, 0) is 60.7 Å². The van der Waals surface area contributed by atoms with Gasteiger partial charge in [0, 0.05) is 23.9 Å². The van der Waals surface area contributed by atoms with E-state index in [2.05, 4.69) is 10.6 Å². The third-order valence-corrected chi connectivity index (χ3v) is 9.09. The predicted octanol–water partition coefficient (Wildman–Crippen LogP) is 5.18. The van der Waals surface area contributed by atoms with Crippen molar-refractivity contribution in [3.63, 3.8) is 0 Å². The van der Waals surface area contributed by atoms with Crippen molar-refractivity contribution in [1.29, 1.82) is 0 Å². The Labute approximate surface area is 253 Å². The second-order valence-electron chi connectivity index (χ2n) is 10.4. The highest BCUT2D eigenvalue weighted by atomic mass is 32.2. The van der Waals surface area contributed by atoms with Crippen LogP contribution < -0.4 is 20.1 Å². The molecule has 0 saturated heterocycles. The van der Waals surface area contributed by atoms with Crippen molar-refractivity contribution >= 4 is 33.3 Å². The number of anilines is 1. The first-order valence-corrected chi connectivity index (χ1v) is 14.8. The van der Waals surface area contributed by atoms with Crippen LogP contribution in [0.3, 0.4) is 0 Å².